The first-order valence-electron chi connectivity index (χ1n) is 4.12. The minimum absolute atomic E-state index is 0.722. The van der Waals surface area contributed by atoms with Crippen LogP contribution in [0.25, 0.3) is 0 Å². The number of rotatable bonds is 1. The van der Waals surface area contributed by atoms with E-state index in [0.29, 0.717) is 0 Å². The quantitative estimate of drug-likeness (QED) is 0.330. The maximum Gasteiger partial charge on any atom is 0.207 e. The highest BCUT2D eigenvalue weighted by atomic mass is 35.5. The highest BCUT2D eigenvalue weighted by Crippen LogP contribution is 2.29. The molecule has 5 heteroatoms. The zero-order chi connectivity index (χ0) is 11.3. The van der Waals surface area contributed by atoms with Crippen molar-refractivity contribution in [3.63, 3.8) is 0 Å². The van der Waals surface area contributed by atoms with Crippen LogP contribution in [0.3, 0.4) is 0 Å². The summed E-state index contributed by atoms with van der Waals surface area (Å²) in [5.74, 6) is 0. The number of thioether (sulfide) groups is 2. The molecule has 1 rings (SSSR count). The minimum Gasteiger partial charge on any atom is -0.170 e. The van der Waals surface area contributed by atoms with E-state index in [9.17, 15) is 0 Å². The van der Waals surface area contributed by atoms with Crippen LogP contribution in [0.15, 0.2) is 28.1 Å². The summed E-state index contributed by atoms with van der Waals surface area (Å²) in [5, 5.41) is 9.20. The van der Waals surface area contributed by atoms with Crippen molar-refractivity contribution in [3.8, 4) is 6.19 Å². The van der Waals surface area contributed by atoms with Gasteiger partial charge in [0.1, 0.15) is 4.38 Å². The SMILES string of the molecule is CSC(=NC#N)Sc1ccc(Cl)cc1C. The van der Waals surface area contributed by atoms with Crippen LogP contribution in [-0.2, 0) is 0 Å². The fourth-order valence-corrected chi connectivity index (χ4v) is 2.56. The van der Waals surface area contributed by atoms with Gasteiger partial charge in [0.05, 0.1) is 0 Å². The van der Waals surface area contributed by atoms with Gasteiger partial charge < -0.3 is 0 Å². The summed E-state index contributed by atoms with van der Waals surface area (Å²) < 4.78 is 0.739. The van der Waals surface area contributed by atoms with E-state index < -0.39 is 0 Å². The Kier molecular flexibility index (Phi) is 5.03. The molecule has 0 aromatic heterocycles. The van der Waals surface area contributed by atoms with Crippen molar-refractivity contribution in [3.05, 3.63) is 28.8 Å². The molecule has 0 atom stereocenters. The van der Waals surface area contributed by atoms with Crippen molar-refractivity contribution in [2.24, 2.45) is 4.99 Å². The second kappa shape index (κ2) is 6.06. The lowest BCUT2D eigenvalue weighted by Gasteiger charge is -2.05. The maximum absolute atomic E-state index is 8.47. The summed E-state index contributed by atoms with van der Waals surface area (Å²) in [7, 11) is 0. The van der Waals surface area contributed by atoms with Crippen molar-refractivity contribution in [1.82, 2.24) is 0 Å². The molecule has 2 nitrogen and oxygen atoms in total. The molecular formula is C10H9ClN2S2. The van der Waals surface area contributed by atoms with Gasteiger partial charge in [0, 0.05) is 9.92 Å². The van der Waals surface area contributed by atoms with Crippen LogP contribution >= 0.6 is 35.1 Å². The van der Waals surface area contributed by atoms with E-state index in [0.717, 1.165) is 19.9 Å². The molecule has 0 radical (unpaired) electrons. The normalized spacial score (nSPS) is 11.2. The van der Waals surface area contributed by atoms with Crippen LogP contribution in [0.1, 0.15) is 5.56 Å². The third kappa shape index (κ3) is 3.78. The Balaban J connectivity index is 2.90. The molecule has 0 bridgehead atoms. The van der Waals surface area contributed by atoms with Gasteiger partial charge in [-0.25, -0.2) is 0 Å². The molecule has 1 aromatic rings. The standard InChI is InChI=1S/C10H9ClN2S2/c1-7-5-8(11)3-4-9(7)15-10(14-2)13-6-12/h3-5H,1-2H3. The Bertz CT molecular complexity index is 424. The Morgan fingerprint density at radius 3 is 2.80 bits per heavy atom. The molecule has 78 valence electrons. The van der Waals surface area contributed by atoms with Gasteiger partial charge in [-0.2, -0.15) is 10.3 Å². The van der Waals surface area contributed by atoms with Crippen molar-refractivity contribution in [2.75, 3.05) is 6.26 Å². The largest absolute Gasteiger partial charge is 0.207 e. The smallest absolute Gasteiger partial charge is 0.170 e. The lowest BCUT2D eigenvalue weighted by molar-refractivity contribution is 1.31. The fraction of sp³-hybridized carbons (Fsp3) is 0.200. The van der Waals surface area contributed by atoms with Crippen LogP contribution in [0.5, 0.6) is 0 Å². The number of nitriles is 1. The first-order valence-corrected chi connectivity index (χ1v) is 6.54. The average Bonchev–Trinajstić information content (AvgIpc) is 2.21. The predicted octanol–water partition coefficient (Wildman–Crippen LogP) is 3.94. The van der Waals surface area contributed by atoms with Gasteiger partial charge in [0.2, 0.25) is 6.19 Å². The minimum atomic E-state index is 0.722. The molecular weight excluding hydrogens is 248 g/mol. The molecule has 0 N–H and O–H groups in total. The molecule has 0 amide bonds. The van der Waals surface area contributed by atoms with Gasteiger partial charge in [-0.15, -0.1) is 11.8 Å². The number of halogens is 1. The summed E-state index contributed by atoms with van der Waals surface area (Å²) in [5.41, 5.74) is 1.09. The van der Waals surface area contributed by atoms with Gasteiger partial charge in [-0.1, -0.05) is 23.4 Å². The summed E-state index contributed by atoms with van der Waals surface area (Å²) in [6, 6.07) is 5.67. The fourth-order valence-electron chi connectivity index (χ4n) is 0.972. The van der Waals surface area contributed by atoms with E-state index in [2.05, 4.69) is 4.99 Å². The molecule has 0 unspecified atom stereocenters. The summed E-state index contributed by atoms with van der Waals surface area (Å²) in [6.45, 7) is 1.98. The lowest BCUT2D eigenvalue weighted by atomic mass is 10.2. The van der Waals surface area contributed by atoms with Gasteiger partial charge in [0.15, 0.2) is 0 Å². The number of hydrogen-bond donors (Lipinski definition) is 0. The lowest BCUT2D eigenvalue weighted by Crippen LogP contribution is -1.86. The highest BCUT2D eigenvalue weighted by molar-refractivity contribution is 8.38. The van der Waals surface area contributed by atoms with E-state index in [1.165, 1.54) is 23.5 Å². The van der Waals surface area contributed by atoms with Crippen LogP contribution in [0.4, 0.5) is 0 Å². The Hall–Kier alpha value is -0.630. The Morgan fingerprint density at radius 2 is 2.27 bits per heavy atom. The van der Waals surface area contributed by atoms with Crippen LogP contribution in [0, 0.1) is 18.4 Å². The highest BCUT2D eigenvalue weighted by Gasteiger charge is 2.04. The summed E-state index contributed by atoms with van der Waals surface area (Å²) in [6.07, 6.45) is 3.69. The van der Waals surface area contributed by atoms with Crippen LogP contribution in [-0.4, -0.2) is 10.6 Å². The third-order valence-corrected chi connectivity index (χ3v) is 4.02. The zero-order valence-electron chi connectivity index (χ0n) is 8.32. The Morgan fingerprint density at radius 1 is 1.53 bits per heavy atom. The number of nitrogens with zero attached hydrogens (tertiary/aromatic N) is 2. The van der Waals surface area contributed by atoms with E-state index >= 15 is 0 Å². The van der Waals surface area contributed by atoms with Crippen molar-refractivity contribution in [2.45, 2.75) is 11.8 Å². The maximum atomic E-state index is 8.47. The van der Waals surface area contributed by atoms with Crippen molar-refractivity contribution in [1.29, 1.82) is 5.26 Å². The molecule has 0 aliphatic heterocycles. The van der Waals surface area contributed by atoms with Gasteiger partial charge >= 0.3 is 0 Å². The number of hydrogen-bond acceptors (Lipinski definition) is 4. The summed E-state index contributed by atoms with van der Waals surface area (Å²) in [4.78, 5) is 4.79. The van der Waals surface area contributed by atoms with Crippen molar-refractivity contribution >= 4 is 39.5 Å². The molecule has 15 heavy (non-hydrogen) atoms. The zero-order valence-corrected chi connectivity index (χ0v) is 10.7. The number of aliphatic imine (C=N–C) groups is 1. The molecule has 0 fully saturated rings. The molecule has 0 aliphatic rings. The topological polar surface area (TPSA) is 36.1 Å². The van der Waals surface area contributed by atoms with Crippen molar-refractivity contribution < 1.29 is 0 Å². The van der Waals surface area contributed by atoms with Gasteiger partial charge in [0.25, 0.3) is 0 Å². The van der Waals surface area contributed by atoms with E-state index in [4.69, 9.17) is 16.9 Å². The van der Waals surface area contributed by atoms with E-state index in [1.807, 2.05) is 31.4 Å². The number of benzene rings is 1. The number of aryl methyl sites for hydroxylation is 1. The Labute approximate surface area is 103 Å². The second-order valence-electron chi connectivity index (χ2n) is 2.69. The first kappa shape index (κ1) is 12.4. The predicted molar refractivity (Wildman–Crippen MR) is 68.6 cm³/mol. The monoisotopic (exact) mass is 256 g/mol. The second-order valence-corrected chi connectivity index (χ2v) is 5.21. The molecule has 0 spiro atoms. The van der Waals surface area contributed by atoms with Gasteiger partial charge in [-0.3, -0.25) is 0 Å². The summed E-state index contributed by atoms with van der Waals surface area (Å²) >= 11 is 8.79. The first-order chi connectivity index (χ1) is 7.17. The van der Waals surface area contributed by atoms with E-state index in [1.54, 1.807) is 6.19 Å². The molecule has 0 saturated heterocycles. The molecule has 1 aromatic carbocycles. The molecule has 0 saturated carbocycles. The molecule has 0 aliphatic carbocycles. The van der Waals surface area contributed by atoms with Crippen LogP contribution in [0.2, 0.25) is 5.02 Å². The van der Waals surface area contributed by atoms with E-state index in [-0.39, 0.29) is 0 Å². The average molecular weight is 257 g/mol. The molecule has 0 heterocycles. The van der Waals surface area contributed by atoms with Gasteiger partial charge in [-0.05, 0) is 36.9 Å². The third-order valence-electron chi connectivity index (χ3n) is 1.65. The van der Waals surface area contributed by atoms with Crippen LogP contribution < -0.4 is 0 Å².